The van der Waals surface area contributed by atoms with Crippen molar-refractivity contribution in [1.82, 2.24) is 4.90 Å². The second kappa shape index (κ2) is 6.87. The van der Waals surface area contributed by atoms with Gasteiger partial charge >= 0.3 is 6.03 Å². The molecule has 0 radical (unpaired) electrons. The lowest BCUT2D eigenvalue weighted by atomic mass is 9.89. The van der Waals surface area contributed by atoms with E-state index in [2.05, 4.69) is 10.3 Å². The van der Waals surface area contributed by atoms with Crippen molar-refractivity contribution in [2.75, 3.05) is 5.32 Å². The Kier molecular flexibility index (Phi) is 4.68. The van der Waals surface area contributed by atoms with E-state index in [4.69, 9.17) is 23.2 Å². The lowest BCUT2D eigenvalue weighted by Gasteiger charge is -2.39. The Bertz CT molecular complexity index is 915. The second-order valence-corrected chi connectivity index (χ2v) is 7.55. The first-order valence-electron chi connectivity index (χ1n) is 8.39. The normalized spacial score (nSPS) is 30.5. The molecule has 3 heterocycles. The van der Waals surface area contributed by atoms with E-state index in [0.29, 0.717) is 18.4 Å². The average molecular weight is 416 g/mol. The van der Waals surface area contributed by atoms with E-state index >= 15 is 0 Å². The van der Waals surface area contributed by atoms with Crippen LogP contribution in [0.2, 0.25) is 10.0 Å². The number of aliphatic imine (C=N–C) groups is 1. The van der Waals surface area contributed by atoms with Crippen LogP contribution >= 0.6 is 23.2 Å². The third-order valence-corrected chi connectivity index (χ3v) is 5.89. The van der Waals surface area contributed by atoms with E-state index in [1.807, 2.05) is 6.08 Å². The lowest BCUT2D eigenvalue weighted by Crippen LogP contribution is -2.50. The van der Waals surface area contributed by atoms with Crippen molar-refractivity contribution in [3.8, 4) is 0 Å². The molecule has 4 bridgehead atoms. The topological polar surface area (TPSA) is 44.7 Å². The highest BCUT2D eigenvalue weighted by Gasteiger charge is 2.46. The number of carbonyl (C=O) groups is 1. The molecule has 3 aliphatic heterocycles. The predicted octanol–water partition coefficient (Wildman–Crippen LogP) is 5.64. The average Bonchev–Trinajstić information content (AvgIpc) is 2.97. The Morgan fingerprint density at radius 1 is 1.19 bits per heavy atom. The molecule has 9 heteroatoms. The summed E-state index contributed by atoms with van der Waals surface area (Å²) in [5.41, 5.74) is 0.556. The Balaban J connectivity index is 1.62. The third-order valence-electron chi connectivity index (χ3n) is 5.17. The Morgan fingerprint density at radius 2 is 1.93 bits per heavy atom. The van der Waals surface area contributed by atoms with Crippen LogP contribution in [0, 0.1) is 11.7 Å². The summed E-state index contributed by atoms with van der Waals surface area (Å²) in [6, 6.07) is 1.09. The third kappa shape index (κ3) is 3.23. The molecule has 4 nitrogen and oxygen atoms in total. The van der Waals surface area contributed by atoms with Crippen LogP contribution in [0.1, 0.15) is 19.3 Å². The highest BCUT2D eigenvalue weighted by atomic mass is 35.5. The molecule has 3 atom stereocenters. The molecule has 0 saturated carbocycles. The quantitative estimate of drug-likeness (QED) is 0.468. The summed E-state index contributed by atoms with van der Waals surface area (Å²) >= 11 is 11.7. The maximum Gasteiger partial charge on any atom is 0.322 e. The van der Waals surface area contributed by atoms with Gasteiger partial charge < -0.3 is 10.2 Å². The van der Waals surface area contributed by atoms with Crippen molar-refractivity contribution >= 4 is 41.1 Å². The van der Waals surface area contributed by atoms with Gasteiger partial charge in [-0.15, -0.1) is 0 Å². The summed E-state index contributed by atoms with van der Waals surface area (Å²) in [7, 11) is 0. The minimum absolute atomic E-state index is 0.0399. The molecule has 1 fully saturated rings. The largest absolute Gasteiger partial charge is 0.322 e. The zero-order chi connectivity index (χ0) is 19.3. The van der Waals surface area contributed by atoms with Crippen molar-refractivity contribution in [2.45, 2.75) is 31.3 Å². The highest BCUT2D eigenvalue weighted by molar-refractivity contribution is 6.42. The maximum atomic E-state index is 14.1. The predicted molar refractivity (Wildman–Crippen MR) is 98.0 cm³/mol. The van der Waals surface area contributed by atoms with Crippen molar-refractivity contribution in [1.29, 1.82) is 0 Å². The van der Waals surface area contributed by atoms with Gasteiger partial charge in [-0.1, -0.05) is 29.3 Å². The summed E-state index contributed by atoms with van der Waals surface area (Å²) < 4.78 is 41.6. The number of carbonyl (C=O) groups excluding carboxylic acids is 1. The number of hydrogen-bond donors (Lipinski definition) is 1. The van der Waals surface area contributed by atoms with Crippen LogP contribution < -0.4 is 5.32 Å². The number of benzene rings is 1. The van der Waals surface area contributed by atoms with Gasteiger partial charge in [0.25, 0.3) is 0 Å². The first-order chi connectivity index (χ1) is 12.8. The van der Waals surface area contributed by atoms with Gasteiger partial charge in [0.2, 0.25) is 5.95 Å². The molecule has 1 N–H and O–H groups in total. The van der Waals surface area contributed by atoms with Crippen LogP contribution in [0.4, 0.5) is 23.7 Å². The van der Waals surface area contributed by atoms with Gasteiger partial charge in [-0.2, -0.15) is 4.39 Å². The number of nitrogens with zero attached hydrogens (tertiary/aromatic N) is 2. The summed E-state index contributed by atoms with van der Waals surface area (Å²) in [5, 5.41) is 2.66. The summed E-state index contributed by atoms with van der Waals surface area (Å²) in [6.07, 6.45) is 4.21. The number of amides is 2. The van der Waals surface area contributed by atoms with Crippen molar-refractivity contribution < 1.29 is 18.0 Å². The summed E-state index contributed by atoms with van der Waals surface area (Å²) in [6.45, 7) is 0. The number of hydrogen-bond acceptors (Lipinski definition) is 2. The molecule has 1 saturated heterocycles. The van der Waals surface area contributed by atoms with Gasteiger partial charge in [-0.05, 0) is 30.5 Å². The smallest absolute Gasteiger partial charge is 0.314 e. The van der Waals surface area contributed by atoms with Crippen LogP contribution in [0.15, 0.2) is 40.6 Å². The Hall–Kier alpha value is -1.99. The fraction of sp³-hybridized carbons (Fsp3) is 0.333. The standard InChI is InChI=1S/C18H14Cl2F3N3O/c19-10-5-12(21)14(6-11(10)20)25-18(27)26-15-1-2-16(26)9-3-8(15)4-13(22)17(23)24-7-9/h3,5-8,15-16H,1-2,4H2,(H,25,27)/b17-13+,24-7-. The number of urea groups is 1. The zero-order valence-corrected chi connectivity index (χ0v) is 15.4. The number of nitrogens with one attached hydrogen (secondary N) is 1. The SMILES string of the molecule is O=C(Nc1cc(Cl)c(Cl)cc1F)N1C2CCC1C1C=C2/C=N\C(F)=C(\F)C1. The first-order valence-corrected chi connectivity index (χ1v) is 9.14. The van der Waals surface area contributed by atoms with E-state index in [-0.39, 0.29) is 40.2 Å². The summed E-state index contributed by atoms with van der Waals surface area (Å²) in [5.74, 6) is -3.15. The van der Waals surface area contributed by atoms with Crippen molar-refractivity contribution in [3.05, 3.63) is 51.4 Å². The molecule has 4 rings (SSSR count). The first kappa shape index (κ1) is 18.4. The molecular formula is C18H14Cl2F3N3O. The number of halogens is 5. The molecule has 3 aliphatic rings. The molecule has 0 spiro atoms. The van der Waals surface area contributed by atoms with E-state index in [9.17, 15) is 18.0 Å². The number of anilines is 1. The summed E-state index contributed by atoms with van der Waals surface area (Å²) in [4.78, 5) is 17.9. The van der Waals surface area contributed by atoms with Gasteiger partial charge in [0, 0.05) is 24.6 Å². The van der Waals surface area contributed by atoms with Crippen molar-refractivity contribution in [3.63, 3.8) is 0 Å². The van der Waals surface area contributed by atoms with E-state index in [0.717, 1.165) is 6.07 Å². The minimum atomic E-state index is -1.12. The monoisotopic (exact) mass is 415 g/mol. The highest BCUT2D eigenvalue weighted by Crippen LogP contribution is 2.42. The zero-order valence-electron chi connectivity index (χ0n) is 13.9. The van der Waals surface area contributed by atoms with Gasteiger partial charge in [-0.3, -0.25) is 0 Å². The maximum absolute atomic E-state index is 14.1. The molecule has 3 unspecified atom stereocenters. The molecule has 27 heavy (non-hydrogen) atoms. The lowest BCUT2D eigenvalue weighted by molar-refractivity contribution is 0.171. The fourth-order valence-corrected chi connectivity index (χ4v) is 4.28. The van der Waals surface area contributed by atoms with Gasteiger partial charge in [0.15, 0.2) is 5.83 Å². The van der Waals surface area contributed by atoms with Crippen LogP contribution in [0.3, 0.4) is 0 Å². The molecule has 0 aromatic heterocycles. The molecule has 142 valence electrons. The number of fused-ring (bicyclic) bond motifs is 5. The molecule has 2 amide bonds. The van der Waals surface area contributed by atoms with Crippen LogP contribution in [-0.4, -0.2) is 29.2 Å². The van der Waals surface area contributed by atoms with Crippen LogP contribution in [-0.2, 0) is 0 Å². The second-order valence-electron chi connectivity index (χ2n) is 6.73. The van der Waals surface area contributed by atoms with E-state index in [1.165, 1.54) is 12.3 Å². The molecule has 1 aromatic carbocycles. The van der Waals surface area contributed by atoms with Crippen LogP contribution in [0.5, 0.6) is 0 Å². The van der Waals surface area contributed by atoms with E-state index in [1.54, 1.807) is 4.90 Å². The van der Waals surface area contributed by atoms with Crippen LogP contribution in [0.25, 0.3) is 0 Å². The number of rotatable bonds is 1. The number of allylic oxidation sites excluding steroid dienone is 1. The fourth-order valence-electron chi connectivity index (χ4n) is 3.96. The Labute approximate surface area is 163 Å². The van der Waals surface area contributed by atoms with E-state index < -0.39 is 23.6 Å². The minimum Gasteiger partial charge on any atom is -0.314 e. The Morgan fingerprint density at radius 3 is 2.70 bits per heavy atom. The molecule has 0 aliphatic carbocycles. The van der Waals surface area contributed by atoms with Crippen molar-refractivity contribution in [2.24, 2.45) is 10.9 Å². The van der Waals surface area contributed by atoms with Gasteiger partial charge in [0.05, 0.1) is 21.8 Å². The van der Waals surface area contributed by atoms with Gasteiger partial charge in [-0.25, -0.2) is 18.6 Å². The molecule has 1 aromatic rings. The molecular weight excluding hydrogens is 402 g/mol. The van der Waals surface area contributed by atoms with Gasteiger partial charge in [0.1, 0.15) is 5.82 Å².